The summed E-state index contributed by atoms with van der Waals surface area (Å²) in [5.74, 6) is -0.261. The molecule has 2 unspecified atom stereocenters. The average molecular weight is 498 g/mol. The second kappa shape index (κ2) is 11.2. The minimum absolute atomic E-state index is 0.0599. The molecule has 0 spiro atoms. The highest BCUT2D eigenvalue weighted by Gasteiger charge is 2.38. The first-order valence-electron chi connectivity index (χ1n) is 13.2. The summed E-state index contributed by atoms with van der Waals surface area (Å²) in [5.41, 5.74) is 5.33. The Morgan fingerprint density at radius 3 is 2.24 bits per heavy atom. The van der Waals surface area contributed by atoms with E-state index >= 15 is 0 Å². The molecule has 3 fully saturated rings. The third-order valence-electron chi connectivity index (χ3n) is 7.82. The lowest BCUT2D eigenvalue weighted by Gasteiger charge is -2.46. The minimum atomic E-state index is -0.875. The van der Waals surface area contributed by atoms with E-state index in [9.17, 15) is 4.79 Å². The number of benzene rings is 3. The lowest BCUT2D eigenvalue weighted by molar-refractivity contribution is -0.0256. The maximum atomic E-state index is 10.3. The van der Waals surface area contributed by atoms with Crippen LogP contribution in [0.3, 0.4) is 0 Å². The van der Waals surface area contributed by atoms with Gasteiger partial charge in [-0.3, -0.25) is 10.3 Å². The average Bonchev–Trinajstić information content (AvgIpc) is 2.94. The molecular formula is C31H35N3O3. The van der Waals surface area contributed by atoms with Crippen molar-refractivity contribution in [1.29, 1.82) is 5.41 Å². The Labute approximate surface area is 219 Å². The Hall–Kier alpha value is -3.64. The fourth-order valence-electron chi connectivity index (χ4n) is 5.73. The zero-order valence-corrected chi connectivity index (χ0v) is 21.3. The highest BCUT2D eigenvalue weighted by Crippen LogP contribution is 2.36. The summed E-state index contributed by atoms with van der Waals surface area (Å²) in [6.45, 7) is 6.12. The number of aromatic carboxylic acids is 1. The van der Waals surface area contributed by atoms with E-state index in [1.807, 2.05) is 6.92 Å². The Morgan fingerprint density at radius 2 is 1.59 bits per heavy atom. The molecule has 7 rings (SSSR count). The number of aryl methyl sites for hydroxylation is 1. The van der Waals surface area contributed by atoms with Crippen molar-refractivity contribution in [1.82, 2.24) is 9.80 Å². The number of nitrogens with zero attached hydrogens (tertiary/aromatic N) is 2. The summed E-state index contributed by atoms with van der Waals surface area (Å²) in [6.07, 6.45) is 3.56. The van der Waals surface area contributed by atoms with E-state index < -0.39 is 5.97 Å². The molecule has 2 bridgehead atoms. The number of rotatable bonds is 3. The molecule has 0 aromatic heterocycles. The van der Waals surface area contributed by atoms with Gasteiger partial charge in [0.25, 0.3) is 6.02 Å². The molecule has 6 nitrogen and oxygen atoms in total. The lowest BCUT2D eigenvalue weighted by Crippen LogP contribution is -2.53. The van der Waals surface area contributed by atoms with E-state index in [1.54, 1.807) is 24.3 Å². The van der Waals surface area contributed by atoms with E-state index in [0.29, 0.717) is 17.5 Å². The summed E-state index contributed by atoms with van der Waals surface area (Å²) in [5, 5.41) is 17.3. The zero-order valence-electron chi connectivity index (χ0n) is 21.3. The van der Waals surface area contributed by atoms with Crippen LogP contribution >= 0.6 is 0 Å². The molecule has 192 valence electrons. The van der Waals surface area contributed by atoms with Crippen LogP contribution in [0.5, 0.6) is 0 Å². The van der Waals surface area contributed by atoms with Crippen LogP contribution in [0.1, 0.15) is 51.5 Å². The largest absolute Gasteiger partial charge is 0.478 e. The maximum Gasteiger partial charge on any atom is 0.335 e. The normalized spacial score (nSPS) is 23.9. The van der Waals surface area contributed by atoms with Crippen molar-refractivity contribution in [3.05, 3.63) is 107 Å². The molecule has 0 saturated carbocycles. The van der Waals surface area contributed by atoms with E-state index in [1.165, 1.54) is 42.6 Å². The number of carboxylic acids is 1. The van der Waals surface area contributed by atoms with Gasteiger partial charge >= 0.3 is 5.97 Å². The van der Waals surface area contributed by atoms with Crippen LogP contribution in [0.15, 0.2) is 78.9 Å². The van der Waals surface area contributed by atoms with Gasteiger partial charge in [0.05, 0.1) is 11.6 Å². The third kappa shape index (κ3) is 5.70. The molecular weight excluding hydrogens is 462 g/mol. The number of amidine groups is 1. The van der Waals surface area contributed by atoms with Crippen LogP contribution in [0, 0.1) is 18.3 Å². The van der Waals surface area contributed by atoms with Gasteiger partial charge in [-0.05, 0) is 74.0 Å². The minimum Gasteiger partial charge on any atom is -0.478 e. The molecule has 4 heterocycles. The standard InChI is InChI=1S/C23H27N3O.C8H8O2/c24-23(27-21-16-25-13-10-18(21)11-14-25)26-15-12-17-6-4-5-9-20(17)22(26)19-7-2-1-3-8-19;1-6-2-4-7(5-3-6)8(9)10/h1-9,18,21-22,24H,10-16H2;2-5H,1H3,(H,9,10). The van der Waals surface area contributed by atoms with Crippen molar-refractivity contribution in [2.24, 2.45) is 5.92 Å². The molecule has 3 saturated heterocycles. The number of hydrogen-bond acceptors (Lipinski definition) is 4. The first-order valence-corrected chi connectivity index (χ1v) is 13.2. The molecule has 3 aromatic carbocycles. The van der Waals surface area contributed by atoms with Crippen LogP contribution in [0.25, 0.3) is 0 Å². The predicted octanol–water partition coefficient (Wildman–Crippen LogP) is 5.37. The van der Waals surface area contributed by atoms with Crippen molar-refractivity contribution in [3.63, 3.8) is 0 Å². The summed E-state index contributed by atoms with van der Waals surface area (Å²) in [4.78, 5) is 15.0. The number of ether oxygens (including phenoxy) is 1. The molecule has 2 N–H and O–H groups in total. The van der Waals surface area contributed by atoms with Gasteiger partial charge in [0.15, 0.2) is 0 Å². The van der Waals surface area contributed by atoms with Crippen LogP contribution in [0.2, 0.25) is 0 Å². The fraction of sp³-hybridized carbons (Fsp3) is 0.355. The van der Waals surface area contributed by atoms with Gasteiger partial charge < -0.3 is 14.7 Å². The van der Waals surface area contributed by atoms with Gasteiger partial charge in [0.2, 0.25) is 0 Å². The van der Waals surface area contributed by atoms with E-state index in [-0.39, 0.29) is 12.1 Å². The monoisotopic (exact) mass is 497 g/mol. The first kappa shape index (κ1) is 25.0. The Bertz CT molecular complexity index is 1220. The van der Waals surface area contributed by atoms with Crippen molar-refractivity contribution in [2.45, 2.75) is 38.3 Å². The number of carboxylic acid groups (broad SMARTS) is 1. The van der Waals surface area contributed by atoms with Gasteiger partial charge in [0.1, 0.15) is 6.10 Å². The summed E-state index contributed by atoms with van der Waals surface area (Å²) in [7, 11) is 0. The molecule has 2 atom stereocenters. The molecule has 37 heavy (non-hydrogen) atoms. The van der Waals surface area contributed by atoms with Crippen LogP contribution < -0.4 is 0 Å². The van der Waals surface area contributed by atoms with Crippen molar-refractivity contribution >= 4 is 12.0 Å². The van der Waals surface area contributed by atoms with Crippen molar-refractivity contribution in [3.8, 4) is 0 Å². The Balaban J connectivity index is 0.000000237. The van der Waals surface area contributed by atoms with Gasteiger partial charge in [0, 0.05) is 13.1 Å². The first-order chi connectivity index (χ1) is 18.0. The fourth-order valence-corrected chi connectivity index (χ4v) is 5.73. The molecule has 4 aliphatic heterocycles. The number of nitrogens with one attached hydrogen (secondary N) is 1. The maximum absolute atomic E-state index is 10.3. The zero-order chi connectivity index (χ0) is 25.8. The van der Waals surface area contributed by atoms with Gasteiger partial charge in [-0.15, -0.1) is 0 Å². The molecule has 0 radical (unpaired) electrons. The van der Waals surface area contributed by atoms with Crippen LogP contribution in [-0.4, -0.2) is 59.2 Å². The van der Waals surface area contributed by atoms with Crippen LogP contribution in [-0.2, 0) is 11.2 Å². The number of carbonyl (C=O) groups is 1. The topological polar surface area (TPSA) is 76.9 Å². The number of piperidine rings is 3. The molecule has 3 aromatic rings. The second-order valence-electron chi connectivity index (χ2n) is 10.2. The van der Waals surface area contributed by atoms with Crippen molar-refractivity contribution in [2.75, 3.05) is 26.2 Å². The SMILES string of the molecule is Cc1ccc(C(=O)O)cc1.N=C(OC1CN2CCC1CC2)N1CCc2ccccc2C1c1ccccc1. The van der Waals surface area contributed by atoms with Gasteiger partial charge in [-0.1, -0.05) is 72.3 Å². The van der Waals surface area contributed by atoms with Crippen molar-refractivity contribution < 1.29 is 14.6 Å². The predicted molar refractivity (Wildman–Crippen MR) is 145 cm³/mol. The lowest BCUT2D eigenvalue weighted by atomic mass is 9.86. The Kier molecular flexibility index (Phi) is 7.56. The number of hydrogen-bond donors (Lipinski definition) is 2. The van der Waals surface area contributed by atoms with E-state index in [0.717, 1.165) is 25.1 Å². The highest BCUT2D eigenvalue weighted by atomic mass is 16.5. The molecule has 6 heteroatoms. The second-order valence-corrected chi connectivity index (χ2v) is 10.2. The molecule has 0 aliphatic carbocycles. The van der Waals surface area contributed by atoms with Gasteiger partial charge in [-0.2, -0.15) is 0 Å². The van der Waals surface area contributed by atoms with E-state index in [4.69, 9.17) is 15.3 Å². The Morgan fingerprint density at radius 1 is 0.919 bits per heavy atom. The van der Waals surface area contributed by atoms with Crippen LogP contribution in [0.4, 0.5) is 0 Å². The number of fused-ring (bicyclic) bond motifs is 4. The van der Waals surface area contributed by atoms with Gasteiger partial charge in [-0.25, -0.2) is 4.79 Å². The third-order valence-corrected chi connectivity index (χ3v) is 7.82. The molecule has 0 amide bonds. The quantitative estimate of drug-likeness (QED) is 0.376. The summed E-state index contributed by atoms with van der Waals surface area (Å²) in [6, 6.07) is 26.4. The summed E-state index contributed by atoms with van der Waals surface area (Å²) < 4.78 is 6.30. The van der Waals surface area contributed by atoms with E-state index in [2.05, 4.69) is 64.4 Å². The smallest absolute Gasteiger partial charge is 0.335 e. The highest BCUT2D eigenvalue weighted by molar-refractivity contribution is 5.87. The molecule has 4 aliphatic rings. The summed E-state index contributed by atoms with van der Waals surface area (Å²) >= 11 is 0.